The lowest BCUT2D eigenvalue weighted by molar-refractivity contribution is 0.885. The van der Waals surface area contributed by atoms with Crippen LogP contribution in [0.15, 0.2) is 36.5 Å². The van der Waals surface area contributed by atoms with Crippen molar-refractivity contribution in [2.75, 3.05) is 5.73 Å². The zero-order chi connectivity index (χ0) is 14.3. The highest BCUT2D eigenvalue weighted by Crippen LogP contribution is 2.39. The summed E-state index contributed by atoms with van der Waals surface area (Å²) in [6, 6.07) is 9.11. The topological polar surface area (TPSA) is 43.8 Å². The van der Waals surface area contributed by atoms with Crippen LogP contribution in [0.4, 0.5) is 5.69 Å². The number of aromatic nitrogens is 2. The molecule has 102 valence electrons. The van der Waals surface area contributed by atoms with Crippen molar-refractivity contribution in [2.24, 2.45) is 0 Å². The molecule has 0 saturated carbocycles. The average Bonchev–Trinajstić information content (AvgIpc) is 2.92. The van der Waals surface area contributed by atoms with E-state index in [1.54, 1.807) is 29.1 Å². The van der Waals surface area contributed by atoms with E-state index >= 15 is 0 Å². The molecule has 2 heterocycles. The number of nitrogens with two attached hydrogens (primary N) is 1. The van der Waals surface area contributed by atoms with Gasteiger partial charge in [-0.3, -0.25) is 0 Å². The second-order valence-corrected chi connectivity index (χ2v) is 6.82. The second-order valence-electron chi connectivity index (χ2n) is 4.10. The third-order valence-electron chi connectivity index (χ3n) is 2.73. The molecule has 7 heteroatoms. The van der Waals surface area contributed by atoms with Gasteiger partial charge in [-0.25, -0.2) is 4.68 Å². The highest BCUT2D eigenvalue weighted by Gasteiger charge is 2.15. The third kappa shape index (κ3) is 2.52. The fourth-order valence-electron chi connectivity index (χ4n) is 1.85. The fourth-order valence-corrected chi connectivity index (χ4v) is 3.50. The van der Waals surface area contributed by atoms with Crippen molar-refractivity contribution in [3.05, 3.63) is 50.2 Å². The summed E-state index contributed by atoms with van der Waals surface area (Å²) in [5.74, 6) is 0. The molecule has 0 bridgehead atoms. The van der Waals surface area contributed by atoms with E-state index in [-0.39, 0.29) is 0 Å². The molecule has 0 amide bonds. The highest BCUT2D eigenvalue weighted by atomic mass is 35.5. The molecule has 3 nitrogen and oxygen atoms in total. The summed E-state index contributed by atoms with van der Waals surface area (Å²) in [4.78, 5) is 0. The maximum Gasteiger partial charge on any atom is 0.118 e. The van der Waals surface area contributed by atoms with E-state index in [4.69, 9.17) is 40.5 Å². The number of benzene rings is 1. The fraction of sp³-hybridized carbons (Fsp3) is 0. The summed E-state index contributed by atoms with van der Waals surface area (Å²) in [6.07, 6.45) is 1.73. The van der Waals surface area contributed by atoms with E-state index in [2.05, 4.69) is 5.10 Å². The van der Waals surface area contributed by atoms with Crippen LogP contribution < -0.4 is 5.73 Å². The standard InChI is InChI=1S/C13H8Cl3N3S/c14-7-2-1-3-8(4-7)19-6-10(17)12(18-19)9-5-11(15)20-13(9)16/h1-6H,17H2. The molecule has 2 N–H and O–H groups in total. The molecule has 3 rings (SSSR count). The van der Waals surface area contributed by atoms with Gasteiger partial charge in [-0.15, -0.1) is 11.3 Å². The normalized spacial score (nSPS) is 10.9. The minimum Gasteiger partial charge on any atom is -0.396 e. The van der Waals surface area contributed by atoms with Crippen LogP contribution in [0.25, 0.3) is 16.9 Å². The average molecular weight is 345 g/mol. The Morgan fingerprint density at radius 3 is 2.60 bits per heavy atom. The summed E-state index contributed by atoms with van der Waals surface area (Å²) in [5, 5.41) is 5.10. The Morgan fingerprint density at radius 2 is 1.95 bits per heavy atom. The minimum atomic E-state index is 0.529. The smallest absolute Gasteiger partial charge is 0.118 e. The Hall–Kier alpha value is -1.20. The number of nitrogens with zero attached hydrogens (tertiary/aromatic N) is 2. The number of thiophene rings is 1. The molecule has 1 aromatic carbocycles. The van der Waals surface area contributed by atoms with Crippen molar-refractivity contribution in [1.82, 2.24) is 9.78 Å². The largest absolute Gasteiger partial charge is 0.396 e. The van der Waals surface area contributed by atoms with Crippen LogP contribution in [-0.4, -0.2) is 9.78 Å². The first-order valence-electron chi connectivity index (χ1n) is 5.61. The molecule has 0 fully saturated rings. The number of nitrogen functional groups attached to an aromatic ring is 1. The second kappa shape index (κ2) is 5.30. The van der Waals surface area contributed by atoms with Crippen molar-refractivity contribution >= 4 is 51.8 Å². The van der Waals surface area contributed by atoms with Gasteiger partial charge >= 0.3 is 0 Å². The predicted molar refractivity (Wildman–Crippen MR) is 86.3 cm³/mol. The lowest BCUT2D eigenvalue weighted by Gasteiger charge is -2.00. The summed E-state index contributed by atoms with van der Waals surface area (Å²) in [5.41, 5.74) is 8.71. The summed E-state index contributed by atoms with van der Waals surface area (Å²) in [6.45, 7) is 0. The Bertz CT molecular complexity index is 779. The number of hydrogen-bond acceptors (Lipinski definition) is 3. The van der Waals surface area contributed by atoms with E-state index in [1.165, 1.54) is 11.3 Å². The Labute approximate surface area is 134 Å². The number of rotatable bonds is 2. The first-order chi connectivity index (χ1) is 9.54. The van der Waals surface area contributed by atoms with Gasteiger partial charge < -0.3 is 5.73 Å². The molecular weight excluding hydrogens is 337 g/mol. The summed E-state index contributed by atoms with van der Waals surface area (Å²) < 4.78 is 2.83. The number of halogens is 3. The lowest BCUT2D eigenvalue weighted by Crippen LogP contribution is -1.94. The van der Waals surface area contributed by atoms with Crippen LogP contribution in [0.2, 0.25) is 13.7 Å². The van der Waals surface area contributed by atoms with Gasteiger partial charge in [0.05, 0.1) is 21.9 Å². The van der Waals surface area contributed by atoms with Gasteiger partial charge in [-0.05, 0) is 24.3 Å². The molecule has 0 atom stereocenters. The van der Waals surface area contributed by atoms with Gasteiger partial charge in [0.25, 0.3) is 0 Å². The maximum absolute atomic E-state index is 6.14. The first kappa shape index (κ1) is 13.8. The molecule has 0 saturated heterocycles. The van der Waals surface area contributed by atoms with Crippen LogP contribution in [0.3, 0.4) is 0 Å². The van der Waals surface area contributed by atoms with Crippen molar-refractivity contribution in [1.29, 1.82) is 0 Å². The molecule has 0 aliphatic heterocycles. The van der Waals surface area contributed by atoms with Crippen LogP contribution in [0.5, 0.6) is 0 Å². The van der Waals surface area contributed by atoms with Gasteiger partial charge in [0.2, 0.25) is 0 Å². The lowest BCUT2D eigenvalue weighted by atomic mass is 10.2. The monoisotopic (exact) mass is 343 g/mol. The van der Waals surface area contributed by atoms with Crippen molar-refractivity contribution < 1.29 is 0 Å². The van der Waals surface area contributed by atoms with Gasteiger partial charge in [0.1, 0.15) is 10.0 Å². The summed E-state index contributed by atoms with van der Waals surface area (Å²) >= 11 is 19.4. The van der Waals surface area contributed by atoms with Gasteiger partial charge in [0.15, 0.2) is 0 Å². The van der Waals surface area contributed by atoms with E-state index < -0.39 is 0 Å². The molecule has 0 unspecified atom stereocenters. The summed E-state index contributed by atoms with van der Waals surface area (Å²) in [7, 11) is 0. The van der Waals surface area contributed by atoms with E-state index in [0.717, 1.165) is 11.3 Å². The Kier molecular flexibility index (Phi) is 3.65. The Balaban J connectivity index is 2.10. The maximum atomic E-state index is 6.14. The minimum absolute atomic E-state index is 0.529. The molecule has 0 spiro atoms. The molecule has 0 radical (unpaired) electrons. The van der Waals surface area contributed by atoms with Crippen molar-refractivity contribution in [2.45, 2.75) is 0 Å². The predicted octanol–water partition coefficient (Wildman–Crippen LogP) is 5.14. The van der Waals surface area contributed by atoms with Crippen LogP contribution in [0.1, 0.15) is 0 Å². The zero-order valence-electron chi connectivity index (χ0n) is 9.98. The van der Waals surface area contributed by atoms with Crippen molar-refractivity contribution in [3.8, 4) is 16.9 Å². The molecule has 3 aromatic rings. The molecule has 2 aromatic heterocycles. The van der Waals surface area contributed by atoms with Crippen molar-refractivity contribution in [3.63, 3.8) is 0 Å². The third-order valence-corrected chi connectivity index (χ3v) is 4.45. The first-order valence-corrected chi connectivity index (χ1v) is 7.56. The molecule has 0 aliphatic carbocycles. The van der Waals surface area contributed by atoms with Crippen LogP contribution in [-0.2, 0) is 0 Å². The van der Waals surface area contributed by atoms with Gasteiger partial charge in [0, 0.05) is 10.6 Å². The van der Waals surface area contributed by atoms with Crippen LogP contribution in [0, 0.1) is 0 Å². The van der Waals surface area contributed by atoms with Gasteiger partial charge in [-0.1, -0.05) is 40.9 Å². The SMILES string of the molecule is Nc1cn(-c2cccc(Cl)c2)nc1-c1cc(Cl)sc1Cl. The van der Waals surface area contributed by atoms with E-state index in [9.17, 15) is 0 Å². The molecule has 0 aliphatic rings. The molecular formula is C13H8Cl3N3S. The quantitative estimate of drug-likeness (QED) is 0.699. The molecule has 20 heavy (non-hydrogen) atoms. The van der Waals surface area contributed by atoms with E-state index in [0.29, 0.717) is 25.1 Å². The van der Waals surface area contributed by atoms with Crippen LogP contribution >= 0.6 is 46.1 Å². The van der Waals surface area contributed by atoms with E-state index in [1.807, 2.05) is 12.1 Å². The number of hydrogen-bond donors (Lipinski definition) is 1. The number of anilines is 1. The van der Waals surface area contributed by atoms with Gasteiger partial charge in [-0.2, -0.15) is 5.10 Å². The zero-order valence-corrected chi connectivity index (χ0v) is 13.1. The highest BCUT2D eigenvalue weighted by molar-refractivity contribution is 7.20. The Morgan fingerprint density at radius 1 is 1.15 bits per heavy atom.